The van der Waals surface area contributed by atoms with E-state index in [4.69, 9.17) is 0 Å². The largest absolute Gasteiger partial charge is 0.345 e. The van der Waals surface area contributed by atoms with Gasteiger partial charge in [0.15, 0.2) is 6.29 Å². The molecule has 1 aromatic rings. The van der Waals surface area contributed by atoms with E-state index in [0.29, 0.717) is 6.04 Å². The number of carbonyl (C=O) groups is 1. The van der Waals surface area contributed by atoms with Gasteiger partial charge in [0, 0.05) is 18.8 Å². The number of rotatable bonds is 6. The zero-order valence-electron chi connectivity index (χ0n) is 9.81. The maximum Gasteiger partial charge on any atom is 0.166 e. The fourth-order valence-electron chi connectivity index (χ4n) is 1.49. The van der Waals surface area contributed by atoms with E-state index in [1.807, 2.05) is 22.9 Å². The minimum absolute atomic E-state index is 0.584. The zero-order chi connectivity index (χ0) is 11.3. The Kier molecular flexibility index (Phi) is 4.56. The first-order valence-electron chi connectivity index (χ1n) is 5.45. The average molecular weight is 208 g/mol. The van der Waals surface area contributed by atoms with Crippen molar-refractivity contribution in [2.45, 2.75) is 32.9 Å². The third-order valence-electron chi connectivity index (χ3n) is 2.78. The highest BCUT2D eigenvalue weighted by atomic mass is 16.1. The van der Waals surface area contributed by atoms with Crippen LogP contribution in [0.1, 0.15) is 30.8 Å². The van der Waals surface area contributed by atoms with E-state index in [1.165, 1.54) is 0 Å². The van der Waals surface area contributed by atoms with Crippen LogP contribution in [-0.2, 0) is 6.54 Å². The van der Waals surface area contributed by atoms with E-state index in [-0.39, 0.29) is 0 Å². The molecular formula is C12H20N2O. The second-order valence-electron chi connectivity index (χ2n) is 4.17. The lowest BCUT2D eigenvalue weighted by atomic mass is 10.3. The second kappa shape index (κ2) is 5.71. The molecule has 0 amide bonds. The fourth-order valence-corrected chi connectivity index (χ4v) is 1.49. The lowest BCUT2D eigenvalue weighted by Crippen LogP contribution is -2.27. The summed E-state index contributed by atoms with van der Waals surface area (Å²) < 4.78 is 2.00. The van der Waals surface area contributed by atoms with Crippen molar-refractivity contribution < 1.29 is 4.79 Å². The summed E-state index contributed by atoms with van der Waals surface area (Å²) in [5, 5.41) is 0. The SMILES string of the molecule is CC(C)N(C)CCCn1cccc1C=O. The summed E-state index contributed by atoms with van der Waals surface area (Å²) in [7, 11) is 2.13. The van der Waals surface area contributed by atoms with Gasteiger partial charge in [0.1, 0.15) is 0 Å². The van der Waals surface area contributed by atoms with Crippen molar-refractivity contribution in [3.8, 4) is 0 Å². The van der Waals surface area contributed by atoms with Crippen molar-refractivity contribution in [3.05, 3.63) is 24.0 Å². The predicted molar refractivity (Wildman–Crippen MR) is 62.2 cm³/mol. The Labute approximate surface area is 91.7 Å². The molecule has 1 rings (SSSR count). The number of nitrogens with zero attached hydrogens (tertiary/aromatic N) is 2. The van der Waals surface area contributed by atoms with Gasteiger partial charge in [-0.1, -0.05) is 0 Å². The van der Waals surface area contributed by atoms with Crippen LogP contribution < -0.4 is 0 Å². The smallest absolute Gasteiger partial charge is 0.166 e. The van der Waals surface area contributed by atoms with E-state index in [1.54, 1.807) is 0 Å². The van der Waals surface area contributed by atoms with Gasteiger partial charge in [-0.25, -0.2) is 0 Å². The van der Waals surface area contributed by atoms with Gasteiger partial charge in [-0.2, -0.15) is 0 Å². The van der Waals surface area contributed by atoms with Gasteiger partial charge in [0.2, 0.25) is 0 Å². The van der Waals surface area contributed by atoms with Crippen LogP contribution in [0.3, 0.4) is 0 Å². The number of carbonyl (C=O) groups excluding carboxylic acids is 1. The molecule has 0 radical (unpaired) electrons. The van der Waals surface area contributed by atoms with Crippen LogP contribution in [0.2, 0.25) is 0 Å². The van der Waals surface area contributed by atoms with Gasteiger partial charge in [0.25, 0.3) is 0 Å². The van der Waals surface area contributed by atoms with Gasteiger partial charge < -0.3 is 9.47 Å². The van der Waals surface area contributed by atoms with Crippen LogP contribution in [0.5, 0.6) is 0 Å². The molecule has 0 aliphatic heterocycles. The predicted octanol–water partition coefficient (Wildman–Crippen LogP) is 2.03. The van der Waals surface area contributed by atoms with Crippen molar-refractivity contribution in [1.82, 2.24) is 9.47 Å². The number of hydrogen-bond donors (Lipinski definition) is 0. The molecule has 3 nitrogen and oxygen atoms in total. The molecule has 15 heavy (non-hydrogen) atoms. The van der Waals surface area contributed by atoms with Crippen molar-refractivity contribution in [2.24, 2.45) is 0 Å². The summed E-state index contributed by atoms with van der Waals surface area (Å²) in [5.41, 5.74) is 0.766. The van der Waals surface area contributed by atoms with Crippen LogP contribution in [-0.4, -0.2) is 35.4 Å². The fraction of sp³-hybridized carbons (Fsp3) is 0.583. The molecule has 1 heterocycles. The quantitative estimate of drug-likeness (QED) is 0.668. The monoisotopic (exact) mass is 208 g/mol. The molecule has 0 aromatic carbocycles. The van der Waals surface area contributed by atoms with Crippen LogP contribution in [0.15, 0.2) is 18.3 Å². The van der Waals surface area contributed by atoms with E-state index in [0.717, 1.165) is 31.5 Å². The summed E-state index contributed by atoms with van der Waals surface area (Å²) >= 11 is 0. The maximum atomic E-state index is 10.7. The summed E-state index contributed by atoms with van der Waals surface area (Å²) in [6.45, 7) is 6.35. The Morgan fingerprint density at radius 3 is 2.87 bits per heavy atom. The van der Waals surface area contributed by atoms with E-state index < -0.39 is 0 Å². The van der Waals surface area contributed by atoms with Crippen molar-refractivity contribution >= 4 is 6.29 Å². The summed E-state index contributed by atoms with van der Waals surface area (Å²) in [6, 6.07) is 4.34. The molecular weight excluding hydrogens is 188 g/mol. The van der Waals surface area contributed by atoms with Crippen molar-refractivity contribution in [3.63, 3.8) is 0 Å². The van der Waals surface area contributed by atoms with Gasteiger partial charge in [-0.3, -0.25) is 4.79 Å². The van der Waals surface area contributed by atoms with Gasteiger partial charge in [-0.15, -0.1) is 0 Å². The zero-order valence-corrected chi connectivity index (χ0v) is 9.81. The first kappa shape index (κ1) is 12.0. The molecule has 0 spiro atoms. The Balaban J connectivity index is 2.34. The summed E-state index contributed by atoms with van der Waals surface area (Å²) in [4.78, 5) is 13.0. The van der Waals surface area contributed by atoms with E-state index in [9.17, 15) is 4.79 Å². The molecule has 0 saturated heterocycles. The molecule has 0 saturated carbocycles. The Hall–Kier alpha value is -1.09. The van der Waals surface area contributed by atoms with Crippen LogP contribution in [0, 0.1) is 0 Å². The molecule has 0 aliphatic carbocycles. The first-order valence-corrected chi connectivity index (χ1v) is 5.45. The lowest BCUT2D eigenvalue weighted by Gasteiger charge is -2.20. The van der Waals surface area contributed by atoms with Gasteiger partial charge >= 0.3 is 0 Å². The number of aryl methyl sites for hydroxylation is 1. The minimum atomic E-state index is 0.584. The highest BCUT2D eigenvalue weighted by Gasteiger charge is 2.03. The Morgan fingerprint density at radius 2 is 2.27 bits per heavy atom. The molecule has 0 unspecified atom stereocenters. The molecule has 0 bridgehead atoms. The highest BCUT2D eigenvalue weighted by molar-refractivity contribution is 5.72. The normalized spacial score (nSPS) is 11.3. The van der Waals surface area contributed by atoms with Crippen molar-refractivity contribution in [2.75, 3.05) is 13.6 Å². The Morgan fingerprint density at radius 1 is 1.53 bits per heavy atom. The third-order valence-corrected chi connectivity index (χ3v) is 2.78. The number of aldehydes is 1. The Bertz CT molecular complexity index is 304. The molecule has 0 atom stereocenters. The number of aromatic nitrogens is 1. The highest BCUT2D eigenvalue weighted by Crippen LogP contribution is 2.02. The van der Waals surface area contributed by atoms with Crippen molar-refractivity contribution in [1.29, 1.82) is 0 Å². The molecule has 1 aromatic heterocycles. The molecule has 0 aliphatic rings. The topological polar surface area (TPSA) is 25.2 Å². The average Bonchev–Trinajstić information content (AvgIpc) is 2.65. The van der Waals surface area contributed by atoms with Gasteiger partial charge in [-0.05, 0) is 46.0 Å². The van der Waals surface area contributed by atoms with E-state index in [2.05, 4.69) is 25.8 Å². The lowest BCUT2D eigenvalue weighted by molar-refractivity contribution is 0.111. The molecule has 0 fully saturated rings. The number of hydrogen-bond acceptors (Lipinski definition) is 2. The van der Waals surface area contributed by atoms with E-state index >= 15 is 0 Å². The second-order valence-corrected chi connectivity index (χ2v) is 4.17. The maximum absolute atomic E-state index is 10.7. The standard InChI is InChI=1S/C12H20N2O/c1-11(2)13(3)7-5-9-14-8-4-6-12(14)10-15/h4,6,8,10-11H,5,7,9H2,1-3H3. The summed E-state index contributed by atoms with van der Waals surface area (Å²) in [6.07, 6.45) is 3.94. The van der Waals surface area contributed by atoms with Crippen LogP contribution in [0.4, 0.5) is 0 Å². The molecule has 3 heteroatoms. The minimum Gasteiger partial charge on any atom is -0.345 e. The van der Waals surface area contributed by atoms with Gasteiger partial charge in [0.05, 0.1) is 5.69 Å². The third kappa shape index (κ3) is 3.51. The van der Waals surface area contributed by atoms with Crippen LogP contribution in [0.25, 0.3) is 0 Å². The van der Waals surface area contributed by atoms with Crippen LogP contribution >= 0.6 is 0 Å². The molecule has 0 N–H and O–H groups in total. The summed E-state index contributed by atoms with van der Waals surface area (Å²) in [5.74, 6) is 0. The first-order chi connectivity index (χ1) is 7.15. The molecule has 84 valence electrons.